The molecular formula is C15H14Cl2N6O. The summed E-state index contributed by atoms with van der Waals surface area (Å²) in [7, 11) is 0. The van der Waals surface area contributed by atoms with Crippen LogP contribution in [0.5, 0.6) is 0 Å². The van der Waals surface area contributed by atoms with Gasteiger partial charge in [-0.15, -0.1) is 5.10 Å². The third kappa shape index (κ3) is 2.98. The molecule has 1 aliphatic heterocycles. The lowest BCUT2D eigenvalue weighted by Gasteiger charge is -2.13. The predicted octanol–water partition coefficient (Wildman–Crippen LogP) is 3.32. The molecule has 0 bridgehead atoms. The molecule has 7 nitrogen and oxygen atoms in total. The summed E-state index contributed by atoms with van der Waals surface area (Å²) in [5.74, 6) is 0.453. The van der Waals surface area contributed by atoms with Gasteiger partial charge in [0.2, 0.25) is 0 Å². The molecule has 24 heavy (non-hydrogen) atoms. The van der Waals surface area contributed by atoms with Crippen LogP contribution in [0.1, 0.15) is 18.4 Å². The summed E-state index contributed by atoms with van der Waals surface area (Å²) in [6, 6.07) is 6.15. The molecule has 1 saturated heterocycles. The Morgan fingerprint density at radius 2 is 2.00 bits per heavy atom. The second-order valence-electron chi connectivity index (χ2n) is 5.36. The topological polar surface area (TPSA) is 100.0 Å². The van der Waals surface area contributed by atoms with Crippen molar-refractivity contribution in [3.05, 3.63) is 33.8 Å². The number of carbonyl (C=O) groups excluding carboxylic acids is 1. The van der Waals surface area contributed by atoms with Crippen molar-refractivity contribution in [1.29, 1.82) is 5.26 Å². The van der Waals surface area contributed by atoms with E-state index in [2.05, 4.69) is 10.4 Å². The van der Waals surface area contributed by atoms with Crippen molar-refractivity contribution in [3.63, 3.8) is 0 Å². The number of nitrogens with one attached hydrogen (secondary N) is 1. The Balaban J connectivity index is 1.89. The van der Waals surface area contributed by atoms with Gasteiger partial charge in [0.15, 0.2) is 11.6 Å². The fourth-order valence-electron chi connectivity index (χ4n) is 2.58. The maximum atomic E-state index is 12.4. The number of nitrogens with zero attached hydrogens (tertiary/aromatic N) is 4. The van der Waals surface area contributed by atoms with E-state index in [-0.39, 0.29) is 11.4 Å². The first-order valence-corrected chi connectivity index (χ1v) is 8.07. The highest BCUT2D eigenvalue weighted by atomic mass is 35.5. The van der Waals surface area contributed by atoms with E-state index >= 15 is 0 Å². The van der Waals surface area contributed by atoms with E-state index in [0.717, 1.165) is 30.6 Å². The van der Waals surface area contributed by atoms with Crippen LogP contribution in [0.4, 0.5) is 22.1 Å². The van der Waals surface area contributed by atoms with Crippen LogP contribution in [0.15, 0.2) is 18.2 Å². The second kappa shape index (κ2) is 6.59. The molecule has 1 amide bonds. The van der Waals surface area contributed by atoms with Gasteiger partial charge >= 0.3 is 6.03 Å². The number of nitriles is 1. The Bertz CT molecular complexity index is 835. The molecule has 0 saturated carbocycles. The van der Waals surface area contributed by atoms with E-state index in [1.807, 2.05) is 11.0 Å². The van der Waals surface area contributed by atoms with Gasteiger partial charge in [-0.3, -0.25) is 0 Å². The first-order chi connectivity index (χ1) is 11.5. The molecule has 0 aliphatic carbocycles. The maximum Gasteiger partial charge on any atom is 0.348 e. The Morgan fingerprint density at radius 3 is 2.62 bits per heavy atom. The minimum Gasteiger partial charge on any atom is -0.382 e. The highest BCUT2D eigenvalue weighted by molar-refractivity contribution is 6.42. The number of nitrogens with two attached hydrogens (primary N) is 1. The van der Waals surface area contributed by atoms with Crippen LogP contribution in [-0.4, -0.2) is 28.9 Å². The number of rotatable bonds is 2. The van der Waals surface area contributed by atoms with E-state index < -0.39 is 6.03 Å². The van der Waals surface area contributed by atoms with Crippen molar-refractivity contribution < 1.29 is 4.79 Å². The minimum atomic E-state index is -0.576. The van der Waals surface area contributed by atoms with Crippen LogP contribution in [0.25, 0.3) is 0 Å². The van der Waals surface area contributed by atoms with Gasteiger partial charge in [-0.05, 0) is 31.0 Å². The van der Waals surface area contributed by atoms with Crippen LogP contribution in [0, 0.1) is 11.3 Å². The number of amides is 1. The summed E-state index contributed by atoms with van der Waals surface area (Å²) in [5, 5.41) is 16.9. The Hall–Kier alpha value is -2.43. The van der Waals surface area contributed by atoms with E-state index in [0.29, 0.717) is 21.6 Å². The lowest BCUT2D eigenvalue weighted by Crippen LogP contribution is -2.23. The summed E-state index contributed by atoms with van der Waals surface area (Å²) >= 11 is 11.8. The predicted molar refractivity (Wildman–Crippen MR) is 93.7 cm³/mol. The van der Waals surface area contributed by atoms with Gasteiger partial charge in [0.1, 0.15) is 11.6 Å². The molecule has 3 rings (SSSR count). The number of benzene rings is 1. The fourth-order valence-corrected chi connectivity index (χ4v) is 2.88. The highest BCUT2D eigenvalue weighted by Crippen LogP contribution is 2.28. The van der Waals surface area contributed by atoms with Gasteiger partial charge in [0.25, 0.3) is 0 Å². The largest absolute Gasteiger partial charge is 0.382 e. The molecule has 1 aromatic carbocycles. The summed E-state index contributed by atoms with van der Waals surface area (Å²) in [4.78, 5) is 14.4. The molecule has 0 atom stereocenters. The normalized spacial score (nSPS) is 13.8. The van der Waals surface area contributed by atoms with Gasteiger partial charge in [-0.2, -0.15) is 9.94 Å². The van der Waals surface area contributed by atoms with Crippen molar-refractivity contribution in [3.8, 4) is 6.07 Å². The number of aromatic nitrogens is 2. The SMILES string of the molecule is N#Cc1c(N2CCCC2)nn(C(=O)Nc2ccc(Cl)c(Cl)c2)c1N. The highest BCUT2D eigenvalue weighted by Gasteiger charge is 2.25. The van der Waals surface area contributed by atoms with Gasteiger partial charge in [-0.1, -0.05) is 23.2 Å². The van der Waals surface area contributed by atoms with Crippen molar-refractivity contribution in [2.24, 2.45) is 0 Å². The summed E-state index contributed by atoms with van der Waals surface area (Å²) in [5.41, 5.74) is 6.59. The van der Waals surface area contributed by atoms with Gasteiger partial charge in [-0.25, -0.2) is 4.79 Å². The monoisotopic (exact) mass is 364 g/mol. The number of carbonyl (C=O) groups is 1. The zero-order valence-corrected chi connectivity index (χ0v) is 14.1. The number of hydrogen-bond donors (Lipinski definition) is 2. The van der Waals surface area contributed by atoms with E-state index in [4.69, 9.17) is 28.9 Å². The summed E-state index contributed by atoms with van der Waals surface area (Å²) in [6.45, 7) is 1.58. The molecule has 0 unspecified atom stereocenters. The van der Waals surface area contributed by atoms with E-state index in [9.17, 15) is 10.1 Å². The lowest BCUT2D eigenvalue weighted by molar-refractivity contribution is 0.251. The molecule has 9 heteroatoms. The number of hydrogen-bond acceptors (Lipinski definition) is 5. The standard InChI is InChI=1S/C15H14Cl2N6O/c16-11-4-3-9(7-12(11)17)20-15(24)23-13(19)10(8-18)14(21-23)22-5-1-2-6-22/h3-4,7H,1-2,5-6,19H2,(H,20,24). The van der Waals surface area contributed by atoms with E-state index in [1.165, 1.54) is 6.07 Å². The molecule has 0 radical (unpaired) electrons. The van der Waals surface area contributed by atoms with Crippen molar-refractivity contribution in [2.45, 2.75) is 12.8 Å². The first kappa shape index (κ1) is 16.4. The third-order valence-corrected chi connectivity index (χ3v) is 4.52. The number of anilines is 3. The molecule has 3 N–H and O–H groups in total. The smallest absolute Gasteiger partial charge is 0.348 e. The molecule has 1 fully saturated rings. The lowest BCUT2D eigenvalue weighted by atomic mass is 10.3. The Labute approximate surface area is 148 Å². The van der Waals surface area contributed by atoms with Crippen molar-refractivity contribution >= 4 is 46.6 Å². The first-order valence-electron chi connectivity index (χ1n) is 7.31. The van der Waals surface area contributed by atoms with Gasteiger partial charge < -0.3 is 16.0 Å². The fraction of sp³-hybridized carbons (Fsp3) is 0.267. The average molecular weight is 365 g/mol. The van der Waals surface area contributed by atoms with Crippen LogP contribution < -0.4 is 16.0 Å². The Kier molecular flexibility index (Phi) is 4.51. The molecule has 1 aliphatic rings. The zero-order chi connectivity index (χ0) is 17.3. The van der Waals surface area contributed by atoms with Crippen molar-refractivity contribution in [1.82, 2.24) is 9.78 Å². The number of nitrogen functional groups attached to an aromatic ring is 1. The molecule has 0 spiro atoms. The minimum absolute atomic E-state index is 0.0111. The summed E-state index contributed by atoms with van der Waals surface area (Å²) in [6.07, 6.45) is 2.04. The molecule has 2 aromatic rings. The second-order valence-corrected chi connectivity index (χ2v) is 6.18. The van der Waals surface area contributed by atoms with Crippen LogP contribution >= 0.6 is 23.2 Å². The van der Waals surface area contributed by atoms with Gasteiger partial charge in [0, 0.05) is 18.8 Å². The zero-order valence-electron chi connectivity index (χ0n) is 12.6. The van der Waals surface area contributed by atoms with E-state index in [1.54, 1.807) is 12.1 Å². The third-order valence-electron chi connectivity index (χ3n) is 3.78. The molecular weight excluding hydrogens is 351 g/mol. The molecule has 1 aromatic heterocycles. The molecule has 124 valence electrons. The quantitative estimate of drug-likeness (QED) is 0.850. The number of halogens is 2. The maximum absolute atomic E-state index is 12.4. The van der Waals surface area contributed by atoms with Crippen LogP contribution in [0.2, 0.25) is 10.0 Å². The van der Waals surface area contributed by atoms with Crippen LogP contribution in [-0.2, 0) is 0 Å². The summed E-state index contributed by atoms with van der Waals surface area (Å²) < 4.78 is 0.995. The van der Waals surface area contributed by atoms with Gasteiger partial charge in [0.05, 0.1) is 10.0 Å². The molecule has 2 heterocycles. The average Bonchev–Trinajstić information content (AvgIpc) is 3.18. The Morgan fingerprint density at radius 1 is 1.29 bits per heavy atom. The van der Waals surface area contributed by atoms with Crippen LogP contribution in [0.3, 0.4) is 0 Å². The van der Waals surface area contributed by atoms with Crippen molar-refractivity contribution in [2.75, 3.05) is 29.0 Å².